The number of rotatable bonds is 20. The number of ether oxygens (including phenoxy) is 2. The summed E-state index contributed by atoms with van der Waals surface area (Å²) in [6.45, 7) is 8.17. The predicted octanol–water partition coefficient (Wildman–Crippen LogP) is 6.59. The van der Waals surface area contributed by atoms with Gasteiger partial charge in [-0.25, -0.2) is 0 Å². The van der Waals surface area contributed by atoms with E-state index in [4.69, 9.17) is 18.5 Å². The average Bonchev–Trinajstić information content (AvgIpc) is 2.81. The fraction of sp³-hybridized carbons (Fsp3) is 0.741. The summed E-state index contributed by atoms with van der Waals surface area (Å²) in [4.78, 5) is 14.3. The van der Waals surface area contributed by atoms with Gasteiger partial charge in [0.2, 0.25) is 5.91 Å². The maximum atomic E-state index is 12.5. The lowest BCUT2D eigenvalue weighted by atomic mass is 10.1. The van der Waals surface area contributed by atoms with Gasteiger partial charge in [-0.1, -0.05) is 64.0 Å². The Bertz CT molecular complexity index is 758. The van der Waals surface area contributed by atoms with Crippen molar-refractivity contribution in [3.05, 3.63) is 29.8 Å². The van der Waals surface area contributed by atoms with Gasteiger partial charge in [0.15, 0.2) is 0 Å². The van der Waals surface area contributed by atoms with Crippen LogP contribution in [0.25, 0.3) is 0 Å². The van der Waals surface area contributed by atoms with Crippen LogP contribution in [0.1, 0.15) is 84.1 Å². The first kappa shape index (κ1) is 29.8. The molecule has 1 saturated heterocycles. The van der Waals surface area contributed by atoms with Crippen molar-refractivity contribution in [2.75, 3.05) is 39.3 Å². The Hall–Kier alpha value is -1.40. The van der Waals surface area contributed by atoms with Gasteiger partial charge in [0.1, 0.15) is 12.1 Å². The minimum absolute atomic E-state index is 0.0763. The third kappa shape index (κ3) is 11.9. The number of hydrogen-bond acceptors (Lipinski definition) is 6. The molecule has 0 N–H and O–H groups in total. The quantitative estimate of drug-likeness (QED) is 0.145. The highest BCUT2D eigenvalue weighted by atomic mass is 31.2. The molecule has 2 rings (SSSR count). The summed E-state index contributed by atoms with van der Waals surface area (Å²) in [6, 6.07) is 8.05. The van der Waals surface area contributed by atoms with E-state index in [9.17, 15) is 9.36 Å². The number of amides is 1. The van der Waals surface area contributed by atoms with Crippen molar-refractivity contribution in [3.8, 4) is 5.75 Å². The van der Waals surface area contributed by atoms with E-state index in [0.29, 0.717) is 39.1 Å². The first-order valence-electron chi connectivity index (χ1n) is 13.5. The molecule has 7 nitrogen and oxygen atoms in total. The topological polar surface area (TPSA) is 74.3 Å². The second-order valence-corrected chi connectivity index (χ2v) is 11.1. The van der Waals surface area contributed by atoms with Gasteiger partial charge >= 0.3 is 7.60 Å². The SMILES string of the molecule is CCCCCCCCCCOc1cccc(CCC(=O)N2CC(OCP(=O)(OCC)OCC)C2)c1. The smallest absolute Gasteiger partial charge is 0.356 e. The van der Waals surface area contributed by atoms with E-state index in [1.54, 1.807) is 18.7 Å². The summed E-state index contributed by atoms with van der Waals surface area (Å²) in [5, 5.41) is 0. The summed E-state index contributed by atoms with van der Waals surface area (Å²) in [6.07, 6.45) is 11.2. The molecule has 1 aromatic rings. The Labute approximate surface area is 212 Å². The molecule has 0 aromatic heterocycles. The lowest BCUT2D eigenvalue weighted by Crippen LogP contribution is -2.54. The van der Waals surface area contributed by atoms with Crippen LogP contribution in [0.5, 0.6) is 5.75 Å². The van der Waals surface area contributed by atoms with E-state index in [1.165, 1.54) is 44.9 Å². The lowest BCUT2D eigenvalue weighted by Gasteiger charge is -2.39. The zero-order valence-corrected chi connectivity index (χ0v) is 22.9. The highest BCUT2D eigenvalue weighted by Gasteiger charge is 2.34. The molecule has 1 aromatic carbocycles. The molecular formula is C27H46NO6P. The zero-order chi connectivity index (χ0) is 25.4. The number of likely N-dealkylation sites (tertiary alicyclic amines) is 1. The Kier molecular flexibility index (Phi) is 14.6. The molecule has 0 radical (unpaired) electrons. The summed E-state index contributed by atoms with van der Waals surface area (Å²) in [5.41, 5.74) is 1.11. The van der Waals surface area contributed by atoms with Crippen LogP contribution in [0.4, 0.5) is 0 Å². The Morgan fingerprint density at radius 2 is 1.63 bits per heavy atom. The maximum Gasteiger partial charge on any atom is 0.356 e. The van der Waals surface area contributed by atoms with Crippen LogP contribution in [0, 0.1) is 0 Å². The Morgan fingerprint density at radius 1 is 0.971 bits per heavy atom. The van der Waals surface area contributed by atoms with Crippen LogP contribution in [0.3, 0.4) is 0 Å². The van der Waals surface area contributed by atoms with E-state index < -0.39 is 7.60 Å². The first-order valence-corrected chi connectivity index (χ1v) is 15.2. The Morgan fingerprint density at radius 3 is 2.29 bits per heavy atom. The van der Waals surface area contributed by atoms with Gasteiger partial charge in [-0.15, -0.1) is 0 Å². The normalized spacial score (nSPS) is 14.2. The molecule has 1 heterocycles. The van der Waals surface area contributed by atoms with E-state index >= 15 is 0 Å². The minimum atomic E-state index is -3.21. The van der Waals surface area contributed by atoms with Crippen LogP contribution in [0.2, 0.25) is 0 Å². The van der Waals surface area contributed by atoms with Crippen molar-refractivity contribution in [3.63, 3.8) is 0 Å². The summed E-state index contributed by atoms with van der Waals surface area (Å²) < 4.78 is 34.5. The predicted molar refractivity (Wildman–Crippen MR) is 140 cm³/mol. The van der Waals surface area contributed by atoms with Crippen LogP contribution in [0.15, 0.2) is 24.3 Å². The zero-order valence-electron chi connectivity index (χ0n) is 22.0. The Balaban J connectivity index is 1.59. The van der Waals surface area contributed by atoms with Gasteiger partial charge in [-0.3, -0.25) is 9.36 Å². The molecule has 1 aliphatic heterocycles. The molecule has 35 heavy (non-hydrogen) atoms. The van der Waals surface area contributed by atoms with Crippen molar-refractivity contribution >= 4 is 13.5 Å². The van der Waals surface area contributed by atoms with Crippen LogP contribution in [-0.4, -0.2) is 56.2 Å². The van der Waals surface area contributed by atoms with Gasteiger partial charge < -0.3 is 23.4 Å². The van der Waals surface area contributed by atoms with Crippen molar-refractivity contribution in [1.29, 1.82) is 0 Å². The molecule has 0 bridgehead atoms. The maximum absolute atomic E-state index is 12.5. The highest BCUT2D eigenvalue weighted by molar-refractivity contribution is 7.53. The molecule has 8 heteroatoms. The highest BCUT2D eigenvalue weighted by Crippen LogP contribution is 2.48. The summed E-state index contributed by atoms with van der Waals surface area (Å²) in [7, 11) is -3.21. The number of carbonyl (C=O) groups is 1. The van der Waals surface area contributed by atoms with E-state index in [1.807, 2.05) is 24.3 Å². The summed E-state index contributed by atoms with van der Waals surface area (Å²) >= 11 is 0. The molecule has 0 unspecified atom stereocenters. The van der Waals surface area contributed by atoms with Crippen LogP contribution >= 0.6 is 7.60 Å². The van der Waals surface area contributed by atoms with Gasteiger partial charge in [0.05, 0.1) is 25.9 Å². The average molecular weight is 512 g/mol. The first-order chi connectivity index (χ1) is 17.0. The second-order valence-electron chi connectivity index (χ2n) is 9.13. The molecular weight excluding hydrogens is 465 g/mol. The third-order valence-corrected chi connectivity index (χ3v) is 7.88. The van der Waals surface area contributed by atoms with E-state index in [2.05, 4.69) is 6.92 Å². The molecule has 1 amide bonds. The number of carbonyl (C=O) groups excluding carboxylic acids is 1. The molecule has 0 saturated carbocycles. The lowest BCUT2D eigenvalue weighted by molar-refractivity contribution is -0.143. The standard InChI is InChI=1S/C27H46NO6P/c1-4-7-8-9-10-11-12-13-19-31-25-16-14-15-24(20-25)17-18-27(29)28-21-26(22-28)32-23-35(30,33-5-2)34-6-3/h14-16,20,26H,4-13,17-19,21-23H2,1-3H3. The van der Waals surface area contributed by atoms with E-state index in [0.717, 1.165) is 24.3 Å². The molecule has 0 aliphatic carbocycles. The number of nitrogens with zero attached hydrogens (tertiary/aromatic N) is 1. The molecule has 1 aliphatic rings. The second kappa shape index (κ2) is 17.1. The largest absolute Gasteiger partial charge is 0.494 e. The summed E-state index contributed by atoms with van der Waals surface area (Å²) in [5.74, 6) is 0.983. The van der Waals surface area contributed by atoms with Gasteiger partial charge in [0, 0.05) is 19.5 Å². The fourth-order valence-corrected chi connectivity index (χ4v) is 5.48. The molecule has 200 valence electrons. The van der Waals surface area contributed by atoms with Crippen molar-refractivity contribution in [1.82, 2.24) is 4.90 Å². The molecule has 1 fully saturated rings. The van der Waals surface area contributed by atoms with Gasteiger partial charge in [-0.05, 0) is 44.4 Å². The van der Waals surface area contributed by atoms with Gasteiger partial charge in [0.25, 0.3) is 0 Å². The molecule has 0 atom stereocenters. The van der Waals surface area contributed by atoms with Crippen LogP contribution in [-0.2, 0) is 29.6 Å². The van der Waals surface area contributed by atoms with Crippen LogP contribution < -0.4 is 4.74 Å². The van der Waals surface area contributed by atoms with Crippen molar-refractivity contribution in [2.45, 2.75) is 91.1 Å². The number of aryl methyl sites for hydroxylation is 1. The fourth-order valence-electron chi connectivity index (χ4n) is 4.08. The van der Waals surface area contributed by atoms with E-state index in [-0.39, 0.29) is 18.4 Å². The minimum Gasteiger partial charge on any atom is -0.494 e. The number of benzene rings is 1. The third-order valence-electron chi connectivity index (χ3n) is 6.11. The van der Waals surface area contributed by atoms with Gasteiger partial charge in [-0.2, -0.15) is 0 Å². The molecule has 0 spiro atoms. The van der Waals surface area contributed by atoms with Crippen molar-refractivity contribution in [2.24, 2.45) is 0 Å². The van der Waals surface area contributed by atoms with Crippen molar-refractivity contribution < 1.29 is 27.9 Å². The number of unbranched alkanes of at least 4 members (excludes halogenated alkanes) is 7. The number of hydrogen-bond donors (Lipinski definition) is 0. The monoisotopic (exact) mass is 511 g/mol.